The van der Waals surface area contributed by atoms with Gasteiger partial charge in [0.25, 0.3) is 0 Å². The van der Waals surface area contributed by atoms with Gasteiger partial charge in [0.15, 0.2) is 0 Å². The summed E-state index contributed by atoms with van der Waals surface area (Å²) < 4.78 is 0. The van der Waals surface area contributed by atoms with Crippen molar-refractivity contribution in [3.63, 3.8) is 0 Å². The molecule has 0 atom stereocenters. The molecule has 0 saturated heterocycles. The first-order valence-electron chi connectivity index (χ1n) is 4.67. The monoisotopic (exact) mass is 193 g/mol. The van der Waals surface area contributed by atoms with Gasteiger partial charge in [-0.1, -0.05) is 35.5 Å². The molecule has 0 fully saturated rings. The predicted octanol–water partition coefficient (Wildman–Crippen LogP) is 1.81. The van der Waals surface area contributed by atoms with Crippen LogP contribution in [0.1, 0.15) is 18.9 Å². The summed E-state index contributed by atoms with van der Waals surface area (Å²) in [6.07, 6.45) is 0.617. The third-order valence-electron chi connectivity index (χ3n) is 1.79. The van der Waals surface area contributed by atoms with Crippen LogP contribution in [0.3, 0.4) is 0 Å². The summed E-state index contributed by atoms with van der Waals surface area (Å²) in [6.45, 7) is 2.49. The molecule has 0 saturated carbocycles. The van der Waals surface area contributed by atoms with Gasteiger partial charge >= 0.3 is 0 Å². The average molecular weight is 193 g/mol. The summed E-state index contributed by atoms with van der Waals surface area (Å²) in [5.41, 5.74) is 1.90. The van der Waals surface area contributed by atoms with Crippen molar-refractivity contribution < 1.29 is 9.94 Å². The van der Waals surface area contributed by atoms with Crippen LogP contribution < -0.4 is 0 Å². The molecule has 0 amide bonds. The zero-order valence-corrected chi connectivity index (χ0v) is 8.31. The Kier molecular flexibility index (Phi) is 4.72. The molecule has 0 aliphatic carbocycles. The fraction of sp³-hybridized carbons (Fsp3) is 0.364. The van der Waals surface area contributed by atoms with Gasteiger partial charge in [0, 0.05) is 13.0 Å². The third kappa shape index (κ3) is 3.58. The van der Waals surface area contributed by atoms with E-state index in [-0.39, 0.29) is 6.61 Å². The highest BCUT2D eigenvalue weighted by Gasteiger charge is 1.95. The second-order valence-electron chi connectivity index (χ2n) is 2.95. The Morgan fingerprint density at radius 3 is 2.71 bits per heavy atom. The molecule has 76 valence electrons. The van der Waals surface area contributed by atoms with Gasteiger partial charge in [0.2, 0.25) is 0 Å². The number of nitrogens with zero attached hydrogens (tertiary/aromatic N) is 1. The maximum Gasteiger partial charge on any atom is 0.119 e. The van der Waals surface area contributed by atoms with E-state index in [4.69, 9.17) is 9.94 Å². The van der Waals surface area contributed by atoms with Crippen LogP contribution in [-0.2, 0) is 4.84 Å². The van der Waals surface area contributed by atoms with E-state index in [2.05, 4.69) is 5.16 Å². The lowest BCUT2D eigenvalue weighted by Crippen LogP contribution is -1.98. The second-order valence-corrected chi connectivity index (χ2v) is 2.95. The first kappa shape index (κ1) is 10.7. The lowest BCUT2D eigenvalue weighted by Gasteiger charge is -2.00. The largest absolute Gasteiger partial charge is 0.396 e. The fourth-order valence-corrected chi connectivity index (χ4v) is 1.00. The summed E-state index contributed by atoms with van der Waals surface area (Å²) in [7, 11) is 0. The molecule has 3 nitrogen and oxygen atoms in total. The molecule has 0 aromatic heterocycles. The molecule has 0 radical (unpaired) electrons. The molecular weight excluding hydrogens is 178 g/mol. The van der Waals surface area contributed by atoms with Gasteiger partial charge in [-0.05, 0) is 12.5 Å². The molecule has 14 heavy (non-hydrogen) atoms. The molecule has 0 aliphatic heterocycles. The van der Waals surface area contributed by atoms with Crippen LogP contribution >= 0.6 is 0 Å². The van der Waals surface area contributed by atoms with E-state index in [9.17, 15) is 0 Å². The molecule has 1 rings (SSSR count). The van der Waals surface area contributed by atoms with Crippen molar-refractivity contribution in [1.82, 2.24) is 0 Å². The summed E-state index contributed by atoms with van der Waals surface area (Å²) in [5, 5.41) is 12.5. The van der Waals surface area contributed by atoms with Crippen molar-refractivity contribution in [2.24, 2.45) is 5.16 Å². The van der Waals surface area contributed by atoms with Gasteiger partial charge in [0.05, 0.1) is 5.71 Å². The Balaban J connectivity index is 2.44. The van der Waals surface area contributed by atoms with Crippen LogP contribution in [0.2, 0.25) is 0 Å². The number of hydrogen-bond acceptors (Lipinski definition) is 3. The molecule has 3 heteroatoms. The van der Waals surface area contributed by atoms with Gasteiger partial charge < -0.3 is 9.94 Å². The Hall–Kier alpha value is -1.35. The lowest BCUT2D eigenvalue weighted by atomic mass is 10.1. The van der Waals surface area contributed by atoms with Crippen LogP contribution in [0.25, 0.3) is 0 Å². The van der Waals surface area contributed by atoms with Crippen LogP contribution in [0.4, 0.5) is 0 Å². The number of hydrogen-bond donors (Lipinski definition) is 1. The highest BCUT2D eigenvalue weighted by atomic mass is 16.6. The average Bonchev–Trinajstić information content (AvgIpc) is 2.25. The maximum atomic E-state index is 8.52. The molecule has 1 N–H and O–H groups in total. The molecule has 0 heterocycles. The minimum Gasteiger partial charge on any atom is -0.396 e. The molecule has 0 unspecified atom stereocenters. The number of rotatable bonds is 5. The molecule has 1 aromatic rings. The van der Waals surface area contributed by atoms with Gasteiger partial charge in [-0.25, -0.2) is 0 Å². The molecule has 0 aliphatic rings. The van der Waals surface area contributed by atoms with E-state index in [1.807, 2.05) is 37.3 Å². The first-order chi connectivity index (χ1) is 6.84. The van der Waals surface area contributed by atoms with E-state index in [1.54, 1.807) is 0 Å². The van der Waals surface area contributed by atoms with Crippen molar-refractivity contribution in [3.05, 3.63) is 35.9 Å². The molecular formula is C11H15NO2. The topological polar surface area (TPSA) is 41.8 Å². The standard InChI is InChI=1S/C11H15NO2/c1-10(12-14-9-5-8-13)11-6-3-2-4-7-11/h2-4,6-7,13H,5,8-9H2,1H3. The van der Waals surface area contributed by atoms with E-state index >= 15 is 0 Å². The van der Waals surface area contributed by atoms with E-state index in [1.165, 1.54) is 0 Å². The lowest BCUT2D eigenvalue weighted by molar-refractivity contribution is 0.124. The summed E-state index contributed by atoms with van der Waals surface area (Å²) >= 11 is 0. The minimum atomic E-state index is 0.139. The second kappa shape index (κ2) is 6.16. The summed E-state index contributed by atoms with van der Waals surface area (Å²) in [6, 6.07) is 9.84. The van der Waals surface area contributed by atoms with E-state index < -0.39 is 0 Å². The zero-order chi connectivity index (χ0) is 10.2. The molecule has 0 bridgehead atoms. The van der Waals surface area contributed by atoms with Crippen molar-refractivity contribution in [2.75, 3.05) is 13.2 Å². The van der Waals surface area contributed by atoms with Crippen molar-refractivity contribution in [3.8, 4) is 0 Å². The van der Waals surface area contributed by atoms with Crippen molar-refractivity contribution >= 4 is 5.71 Å². The van der Waals surface area contributed by atoms with Crippen LogP contribution in [-0.4, -0.2) is 24.0 Å². The Morgan fingerprint density at radius 1 is 1.36 bits per heavy atom. The third-order valence-corrected chi connectivity index (χ3v) is 1.79. The zero-order valence-electron chi connectivity index (χ0n) is 8.31. The van der Waals surface area contributed by atoms with Crippen LogP contribution in [0.5, 0.6) is 0 Å². The summed E-state index contributed by atoms with van der Waals surface area (Å²) in [5.74, 6) is 0. The maximum absolute atomic E-state index is 8.52. The molecule has 1 aromatic carbocycles. The van der Waals surface area contributed by atoms with Gasteiger partial charge in [-0.15, -0.1) is 0 Å². The quantitative estimate of drug-likeness (QED) is 0.440. The summed E-state index contributed by atoms with van der Waals surface area (Å²) in [4.78, 5) is 5.02. The molecule has 0 spiro atoms. The number of benzene rings is 1. The predicted molar refractivity (Wildman–Crippen MR) is 56.3 cm³/mol. The van der Waals surface area contributed by atoms with Crippen LogP contribution in [0, 0.1) is 0 Å². The SMILES string of the molecule is CC(=NOCCCO)c1ccccc1. The Bertz CT molecular complexity index is 283. The normalized spacial score (nSPS) is 11.4. The van der Waals surface area contributed by atoms with Crippen molar-refractivity contribution in [1.29, 1.82) is 0 Å². The van der Waals surface area contributed by atoms with E-state index in [0.29, 0.717) is 13.0 Å². The van der Waals surface area contributed by atoms with Gasteiger partial charge in [-0.2, -0.15) is 0 Å². The van der Waals surface area contributed by atoms with Gasteiger partial charge in [-0.3, -0.25) is 0 Å². The van der Waals surface area contributed by atoms with Crippen LogP contribution in [0.15, 0.2) is 35.5 Å². The smallest absolute Gasteiger partial charge is 0.119 e. The highest BCUT2D eigenvalue weighted by molar-refractivity contribution is 5.98. The first-order valence-corrected chi connectivity index (χ1v) is 4.67. The van der Waals surface area contributed by atoms with E-state index in [0.717, 1.165) is 11.3 Å². The Labute approximate surface area is 84.0 Å². The number of aliphatic hydroxyl groups is 1. The number of oxime groups is 1. The van der Waals surface area contributed by atoms with Gasteiger partial charge in [0.1, 0.15) is 6.61 Å². The minimum absolute atomic E-state index is 0.139. The highest BCUT2D eigenvalue weighted by Crippen LogP contribution is 2.00. The Morgan fingerprint density at radius 2 is 2.07 bits per heavy atom. The van der Waals surface area contributed by atoms with Crippen molar-refractivity contribution in [2.45, 2.75) is 13.3 Å². The fourth-order valence-electron chi connectivity index (χ4n) is 1.00. The number of aliphatic hydroxyl groups excluding tert-OH is 1.